The van der Waals surface area contributed by atoms with E-state index < -0.39 is 42.5 Å². The molecule has 0 bridgehead atoms. The molecule has 0 aliphatic carbocycles. The molecule has 2 heterocycles. The molecule has 3 N–H and O–H groups in total. The van der Waals surface area contributed by atoms with Gasteiger partial charge in [0.05, 0.1) is 6.61 Å². The Labute approximate surface area is 99.6 Å². The summed E-state index contributed by atoms with van der Waals surface area (Å²) in [5.74, 6) is 0. The second kappa shape index (κ2) is 4.59. The Morgan fingerprint density at radius 3 is 2.78 bits per heavy atom. The zero-order chi connectivity index (χ0) is 13.4. The number of H-pyrrole nitrogens is 1. The van der Waals surface area contributed by atoms with E-state index in [2.05, 4.69) is 5.10 Å². The first-order chi connectivity index (χ1) is 8.45. The Morgan fingerprint density at radius 2 is 2.22 bits per heavy atom. The molecule has 0 spiro atoms. The molecule has 0 unspecified atom stereocenters. The number of aromatic amines is 1. The molecule has 8 nitrogen and oxygen atoms in total. The molecule has 0 saturated carbocycles. The van der Waals surface area contributed by atoms with Gasteiger partial charge in [0.1, 0.15) is 17.9 Å². The van der Waals surface area contributed by atoms with Gasteiger partial charge in [0, 0.05) is 0 Å². The minimum absolute atomic E-state index is 0.0349. The first kappa shape index (κ1) is 12.9. The van der Waals surface area contributed by atoms with E-state index in [1.54, 1.807) is 0 Å². The maximum absolute atomic E-state index is 13.7. The zero-order valence-corrected chi connectivity index (χ0v) is 9.41. The van der Waals surface area contributed by atoms with Gasteiger partial charge in [0.2, 0.25) is 0 Å². The number of ether oxygens (including phenoxy) is 1. The van der Waals surface area contributed by atoms with Gasteiger partial charge in [0.25, 0.3) is 5.56 Å². The highest BCUT2D eigenvalue weighted by molar-refractivity contribution is 4.92. The maximum Gasteiger partial charge on any atom is 0.347 e. The lowest BCUT2D eigenvalue weighted by molar-refractivity contribution is -0.0550. The van der Waals surface area contributed by atoms with E-state index in [1.807, 2.05) is 4.98 Å². The Balaban J connectivity index is 2.42. The smallest absolute Gasteiger partial charge is 0.347 e. The minimum atomic E-state index is -1.92. The number of aliphatic hydroxyl groups excluding tert-OH is 2. The first-order valence-electron chi connectivity index (χ1n) is 5.24. The van der Waals surface area contributed by atoms with Crippen molar-refractivity contribution < 1.29 is 19.3 Å². The van der Waals surface area contributed by atoms with Crippen molar-refractivity contribution in [3.8, 4) is 0 Å². The molecule has 2 rings (SSSR count). The predicted octanol–water partition coefficient (Wildman–Crippen LogP) is -2.17. The van der Waals surface area contributed by atoms with E-state index in [1.165, 1.54) is 6.92 Å². The van der Waals surface area contributed by atoms with Crippen LogP contribution in [0.15, 0.2) is 9.59 Å². The van der Waals surface area contributed by atoms with Crippen LogP contribution in [0, 0.1) is 6.92 Å². The van der Waals surface area contributed by atoms with Gasteiger partial charge < -0.3 is 14.9 Å². The number of aryl methyl sites for hydroxylation is 1. The van der Waals surface area contributed by atoms with Crippen LogP contribution in [0.5, 0.6) is 0 Å². The second-order valence-corrected chi connectivity index (χ2v) is 3.97. The average Bonchev–Trinajstić information content (AvgIpc) is 2.61. The lowest BCUT2D eigenvalue weighted by atomic mass is 10.1. The van der Waals surface area contributed by atoms with E-state index >= 15 is 0 Å². The summed E-state index contributed by atoms with van der Waals surface area (Å²) in [5.41, 5.74) is -1.65. The third-order valence-electron chi connectivity index (χ3n) is 2.73. The number of nitrogens with zero attached hydrogens (tertiary/aromatic N) is 2. The summed E-state index contributed by atoms with van der Waals surface area (Å²) in [6.45, 7) is 0.756. The van der Waals surface area contributed by atoms with Crippen LogP contribution < -0.4 is 11.2 Å². The van der Waals surface area contributed by atoms with Gasteiger partial charge in [-0.25, -0.2) is 9.18 Å². The molecular weight excluding hydrogens is 249 g/mol. The van der Waals surface area contributed by atoms with Gasteiger partial charge in [-0.2, -0.15) is 9.78 Å². The monoisotopic (exact) mass is 261 g/mol. The van der Waals surface area contributed by atoms with Crippen LogP contribution in [0.25, 0.3) is 0 Å². The highest BCUT2D eigenvalue weighted by Crippen LogP contribution is 2.29. The third-order valence-corrected chi connectivity index (χ3v) is 2.73. The largest absolute Gasteiger partial charge is 0.394 e. The quantitative estimate of drug-likeness (QED) is 0.557. The average molecular weight is 261 g/mol. The molecule has 0 aromatic carbocycles. The SMILES string of the molecule is Cc1nn([C@@H]2O[C@H](CO)[C@@H](O)[C@@H]2F)c(=O)[nH]c1=O. The zero-order valence-electron chi connectivity index (χ0n) is 9.41. The number of halogens is 1. The summed E-state index contributed by atoms with van der Waals surface area (Å²) in [4.78, 5) is 24.5. The van der Waals surface area contributed by atoms with Crippen LogP contribution in [0.2, 0.25) is 0 Å². The van der Waals surface area contributed by atoms with Crippen LogP contribution in [0.3, 0.4) is 0 Å². The molecule has 100 valence electrons. The summed E-state index contributed by atoms with van der Waals surface area (Å²) in [7, 11) is 0. The van der Waals surface area contributed by atoms with E-state index in [9.17, 15) is 19.1 Å². The van der Waals surface area contributed by atoms with Crippen LogP contribution in [0.1, 0.15) is 11.9 Å². The number of aromatic nitrogens is 3. The fourth-order valence-corrected chi connectivity index (χ4v) is 1.72. The standard InChI is InChI=1S/C9H12FN3O5/c1-3-7(16)11-9(17)13(12-3)8-5(10)6(15)4(2-14)18-8/h4-6,8,14-15H,2H2,1H3,(H,11,16,17)/t4-,5+,6-,8-/m1/s1. The van der Waals surface area contributed by atoms with E-state index in [-0.39, 0.29) is 5.69 Å². The molecule has 1 aliphatic rings. The van der Waals surface area contributed by atoms with Crippen molar-refractivity contribution in [2.75, 3.05) is 6.61 Å². The maximum atomic E-state index is 13.7. The van der Waals surface area contributed by atoms with Gasteiger partial charge in [-0.05, 0) is 6.92 Å². The summed E-state index contributed by atoms with van der Waals surface area (Å²) < 4.78 is 19.4. The van der Waals surface area contributed by atoms with E-state index in [0.29, 0.717) is 4.68 Å². The Bertz CT molecular complexity index is 556. The number of rotatable bonds is 2. The molecule has 4 atom stereocenters. The number of aliphatic hydroxyl groups is 2. The molecule has 0 radical (unpaired) electrons. The first-order valence-corrected chi connectivity index (χ1v) is 5.24. The summed E-state index contributed by atoms with van der Waals surface area (Å²) in [6, 6.07) is 0. The predicted molar refractivity (Wildman–Crippen MR) is 55.8 cm³/mol. The number of alkyl halides is 1. The molecular formula is C9H12FN3O5. The number of hydrogen-bond acceptors (Lipinski definition) is 6. The molecule has 1 fully saturated rings. The van der Waals surface area contributed by atoms with Gasteiger partial charge in [-0.15, -0.1) is 0 Å². The van der Waals surface area contributed by atoms with Crippen molar-refractivity contribution in [3.05, 3.63) is 26.5 Å². The molecule has 1 saturated heterocycles. The molecule has 1 aromatic heterocycles. The van der Waals surface area contributed by atoms with E-state index in [0.717, 1.165) is 0 Å². The Morgan fingerprint density at radius 1 is 1.56 bits per heavy atom. The Hall–Kier alpha value is -1.58. The van der Waals surface area contributed by atoms with Crippen LogP contribution in [-0.2, 0) is 4.74 Å². The van der Waals surface area contributed by atoms with Crippen molar-refractivity contribution in [2.45, 2.75) is 31.5 Å². The third kappa shape index (κ3) is 1.96. The highest BCUT2D eigenvalue weighted by atomic mass is 19.1. The van der Waals surface area contributed by atoms with Gasteiger partial charge >= 0.3 is 5.69 Å². The van der Waals surface area contributed by atoms with E-state index in [4.69, 9.17) is 9.84 Å². The van der Waals surface area contributed by atoms with Crippen molar-refractivity contribution in [1.82, 2.24) is 14.8 Å². The highest BCUT2D eigenvalue weighted by Gasteiger charge is 2.45. The molecule has 1 aliphatic heterocycles. The van der Waals surface area contributed by atoms with Crippen LogP contribution in [0.4, 0.5) is 4.39 Å². The summed E-state index contributed by atoms with van der Waals surface area (Å²) in [5, 5.41) is 21.9. The fourth-order valence-electron chi connectivity index (χ4n) is 1.72. The molecule has 0 amide bonds. The summed E-state index contributed by atoms with van der Waals surface area (Å²) >= 11 is 0. The van der Waals surface area contributed by atoms with Crippen molar-refractivity contribution in [1.29, 1.82) is 0 Å². The summed E-state index contributed by atoms with van der Waals surface area (Å²) in [6.07, 6.45) is -6.08. The molecule has 18 heavy (non-hydrogen) atoms. The lowest BCUT2D eigenvalue weighted by Crippen LogP contribution is -2.39. The minimum Gasteiger partial charge on any atom is -0.394 e. The number of hydrogen-bond donors (Lipinski definition) is 3. The van der Waals surface area contributed by atoms with Crippen molar-refractivity contribution in [3.63, 3.8) is 0 Å². The van der Waals surface area contributed by atoms with Gasteiger partial charge in [-0.3, -0.25) is 9.78 Å². The van der Waals surface area contributed by atoms with Crippen molar-refractivity contribution >= 4 is 0 Å². The number of nitrogens with one attached hydrogen (secondary N) is 1. The van der Waals surface area contributed by atoms with Gasteiger partial charge in [0.15, 0.2) is 12.4 Å². The van der Waals surface area contributed by atoms with Gasteiger partial charge in [-0.1, -0.05) is 0 Å². The molecule has 9 heteroatoms. The Kier molecular flexibility index (Phi) is 3.28. The fraction of sp³-hybridized carbons (Fsp3) is 0.667. The second-order valence-electron chi connectivity index (χ2n) is 3.97. The topological polar surface area (TPSA) is 117 Å². The molecule has 1 aromatic rings. The van der Waals surface area contributed by atoms with Crippen LogP contribution >= 0.6 is 0 Å². The van der Waals surface area contributed by atoms with Crippen molar-refractivity contribution in [2.24, 2.45) is 0 Å². The normalized spacial score (nSPS) is 31.8. The lowest BCUT2D eigenvalue weighted by Gasteiger charge is -2.14. The van der Waals surface area contributed by atoms with Crippen LogP contribution in [-0.4, -0.2) is 50.0 Å².